The number of para-hydroxylation sites is 1. The fraction of sp³-hybridized carbons (Fsp3) is 0.476. The maximum Gasteiger partial charge on any atom is 0.325 e. The number of aromatic amines is 1. The summed E-state index contributed by atoms with van der Waals surface area (Å²) < 4.78 is 0. The zero-order chi connectivity index (χ0) is 21.5. The molecule has 1 aliphatic carbocycles. The van der Waals surface area contributed by atoms with Crippen LogP contribution in [0.15, 0.2) is 29.1 Å². The van der Waals surface area contributed by atoms with E-state index in [4.69, 9.17) is 0 Å². The highest BCUT2D eigenvalue weighted by molar-refractivity contribution is 6.09. The van der Waals surface area contributed by atoms with Crippen molar-refractivity contribution >= 4 is 28.7 Å². The van der Waals surface area contributed by atoms with Crippen molar-refractivity contribution in [1.82, 2.24) is 25.1 Å². The summed E-state index contributed by atoms with van der Waals surface area (Å²) in [6, 6.07) is 6.43. The zero-order valence-electron chi connectivity index (χ0n) is 17.1. The number of hydrogen-bond donors (Lipinski definition) is 2. The summed E-state index contributed by atoms with van der Waals surface area (Å²) >= 11 is 0. The molecule has 2 aliphatic rings. The van der Waals surface area contributed by atoms with E-state index in [-0.39, 0.29) is 30.5 Å². The largest absolute Gasteiger partial charge is 0.337 e. The van der Waals surface area contributed by atoms with E-state index in [9.17, 15) is 19.2 Å². The van der Waals surface area contributed by atoms with Crippen LogP contribution >= 0.6 is 0 Å². The number of rotatable bonds is 4. The minimum atomic E-state index is -0.890. The van der Waals surface area contributed by atoms with E-state index in [0.29, 0.717) is 23.1 Å². The maximum atomic E-state index is 13.0. The number of nitrogens with zero attached hydrogens (tertiary/aromatic N) is 3. The molecule has 1 spiro atoms. The van der Waals surface area contributed by atoms with Gasteiger partial charge in [0.25, 0.3) is 11.5 Å². The number of H-pyrrole nitrogens is 1. The first-order valence-corrected chi connectivity index (χ1v) is 10.2. The number of amides is 4. The molecule has 9 nitrogen and oxygen atoms in total. The third-order valence-electron chi connectivity index (χ3n) is 6.27. The van der Waals surface area contributed by atoms with Crippen LogP contribution in [0.1, 0.15) is 38.4 Å². The summed E-state index contributed by atoms with van der Waals surface area (Å²) in [6.07, 6.45) is 3.37. The molecule has 2 atom stereocenters. The highest BCUT2D eigenvalue weighted by Gasteiger charge is 2.55. The smallest absolute Gasteiger partial charge is 0.325 e. The molecule has 2 heterocycles. The zero-order valence-corrected chi connectivity index (χ0v) is 17.1. The van der Waals surface area contributed by atoms with Crippen LogP contribution in [0.4, 0.5) is 4.79 Å². The Morgan fingerprint density at radius 2 is 2.03 bits per heavy atom. The lowest BCUT2D eigenvalue weighted by Crippen LogP contribution is -2.54. The van der Waals surface area contributed by atoms with Crippen LogP contribution in [0.5, 0.6) is 0 Å². The van der Waals surface area contributed by atoms with Gasteiger partial charge in [0.2, 0.25) is 5.91 Å². The topological polar surface area (TPSA) is 115 Å². The second-order valence-corrected chi connectivity index (χ2v) is 8.22. The summed E-state index contributed by atoms with van der Waals surface area (Å²) in [5, 5.41) is 3.32. The van der Waals surface area contributed by atoms with E-state index in [2.05, 4.69) is 15.3 Å². The second kappa shape index (κ2) is 7.55. The molecule has 0 radical (unpaired) electrons. The van der Waals surface area contributed by atoms with E-state index in [1.807, 2.05) is 6.92 Å². The summed E-state index contributed by atoms with van der Waals surface area (Å²) in [6.45, 7) is 1.69. The maximum absolute atomic E-state index is 13.0. The van der Waals surface area contributed by atoms with Gasteiger partial charge in [-0.25, -0.2) is 9.78 Å². The van der Waals surface area contributed by atoms with Gasteiger partial charge in [0.15, 0.2) is 0 Å². The first-order chi connectivity index (χ1) is 14.3. The van der Waals surface area contributed by atoms with Gasteiger partial charge in [0, 0.05) is 7.05 Å². The molecule has 9 heteroatoms. The quantitative estimate of drug-likeness (QED) is 0.738. The Kier molecular flexibility index (Phi) is 5.05. The van der Waals surface area contributed by atoms with Gasteiger partial charge in [0.1, 0.15) is 17.9 Å². The first-order valence-electron chi connectivity index (χ1n) is 10.2. The Labute approximate surface area is 173 Å². The lowest BCUT2D eigenvalue weighted by molar-refractivity contribution is -0.140. The van der Waals surface area contributed by atoms with Gasteiger partial charge in [-0.1, -0.05) is 31.9 Å². The molecule has 1 aromatic carbocycles. The molecule has 0 unspecified atom stereocenters. The number of aromatic nitrogens is 2. The fourth-order valence-corrected chi connectivity index (χ4v) is 4.42. The van der Waals surface area contributed by atoms with E-state index in [1.165, 1.54) is 4.90 Å². The third kappa shape index (κ3) is 3.34. The normalized spacial score (nSPS) is 23.8. The van der Waals surface area contributed by atoms with Gasteiger partial charge >= 0.3 is 6.03 Å². The molecule has 158 valence electrons. The van der Waals surface area contributed by atoms with Crippen LogP contribution in [0.2, 0.25) is 0 Å². The van der Waals surface area contributed by atoms with Crippen LogP contribution in [0, 0.1) is 5.92 Å². The Morgan fingerprint density at radius 3 is 2.80 bits per heavy atom. The summed E-state index contributed by atoms with van der Waals surface area (Å²) in [5.74, 6) is -0.356. The molecule has 4 rings (SSSR count). The van der Waals surface area contributed by atoms with Crippen LogP contribution in [0.3, 0.4) is 0 Å². The van der Waals surface area contributed by atoms with Crippen LogP contribution < -0.4 is 10.9 Å². The van der Waals surface area contributed by atoms with E-state index in [1.54, 1.807) is 31.3 Å². The number of carbonyl (C=O) groups excluding carboxylic acids is 3. The van der Waals surface area contributed by atoms with Crippen LogP contribution in [0.25, 0.3) is 10.9 Å². The standard InChI is InChI=1S/C21H25N5O4/c1-13-7-5-6-10-21(13)19(29)26(20(30)24-21)12-17(27)25(2)11-16-22-15-9-4-3-8-14(15)18(28)23-16/h3-4,8-9,13H,5-7,10-12H2,1-2H3,(H,24,30)(H,22,23,28)/t13-,21+/m1/s1. The van der Waals surface area contributed by atoms with Crippen molar-refractivity contribution < 1.29 is 14.4 Å². The lowest BCUT2D eigenvalue weighted by atomic mass is 9.73. The van der Waals surface area contributed by atoms with Crippen molar-refractivity contribution in [3.8, 4) is 0 Å². The minimum absolute atomic E-state index is 0.0346. The van der Waals surface area contributed by atoms with Crippen molar-refractivity contribution in [3.05, 3.63) is 40.4 Å². The van der Waals surface area contributed by atoms with Crippen LogP contribution in [-0.4, -0.2) is 56.7 Å². The summed E-state index contributed by atoms with van der Waals surface area (Å²) in [7, 11) is 1.55. The number of fused-ring (bicyclic) bond motifs is 1. The van der Waals surface area contributed by atoms with Gasteiger partial charge in [-0.3, -0.25) is 19.3 Å². The lowest BCUT2D eigenvalue weighted by Gasteiger charge is -2.36. The van der Waals surface area contributed by atoms with Crippen molar-refractivity contribution in [2.75, 3.05) is 13.6 Å². The molecule has 2 N–H and O–H groups in total. The van der Waals surface area contributed by atoms with Crippen molar-refractivity contribution in [2.45, 2.75) is 44.7 Å². The Bertz CT molecular complexity index is 1080. The molecule has 4 amide bonds. The van der Waals surface area contributed by atoms with Gasteiger partial charge in [0.05, 0.1) is 17.4 Å². The van der Waals surface area contributed by atoms with Crippen molar-refractivity contribution in [3.63, 3.8) is 0 Å². The minimum Gasteiger partial charge on any atom is -0.337 e. The molecule has 2 aromatic rings. The second-order valence-electron chi connectivity index (χ2n) is 8.22. The SMILES string of the molecule is C[C@@H]1CCCC[C@]12NC(=O)N(CC(=O)N(C)Cc1nc3ccccc3c(=O)[nH]1)C2=O. The molecule has 2 fully saturated rings. The third-order valence-corrected chi connectivity index (χ3v) is 6.27. The molecule has 1 saturated heterocycles. The summed E-state index contributed by atoms with van der Waals surface area (Å²) in [4.78, 5) is 59.9. The number of carbonyl (C=O) groups is 3. The fourth-order valence-electron chi connectivity index (χ4n) is 4.42. The highest BCUT2D eigenvalue weighted by Crippen LogP contribution is 2.38. The summed E-state index contributed by atoms with van der Waals surface area (Å²) in [5.41, 5.74) is -0.627. The van der Waals surface area contributed by atoms with Gasteiger partial charge in [-0.2, -0.15) is 0 Å². The number of likely N-dealkylation sites (N-methyl/N-ethyl adjacent to an activating group) is 1. The van der Waals surface area contributed by atoms with Gasteiger partial charge in [-0.15, -0.1) is 0 Å². The van der Waals surface area contributed by atoms with Gasteiger partial charge < -0.3 is 15.2 Å². The number of hydrogen-bond acceptors (Lipinski definition) is 5. The predicted octanol–water partition coefficient (Wildman–Crippen LogP) is 1.38. The average Bonchev–Trinajstić information content (AvgIpc) is 2.95. The highest BCUT2D eigenvalue weighted by atomic mass is 16.2. The molecule has 0 bridgehead atoms. The number of urea groups is 1. The van der Waals surface area contributed by atoms with E-state index < -0.39 is 17.5 Å². The monoisotopic (exact) mass is 411 g/mol. The number of imide groups is 1. The molecular weight excluding hydrogens is 386 g/mol. The Morgan fingerprint density at radius 1 is 1.27 bits per heavy atom. The molecule has 1 saturated carbocycles. The van der Waals surface area contributed by atoms with E-state index in [0.717, 1.165) is 24.2 Å². The van der Waals surface area contributed by atoms with Crippen LogP contribution in [-0.2, 0) is 16.1 Å². The van der Waals surface area contributed by atoms with Crippen molar-refractivity contribution in [2.24, 2.45) is 5.92 Å². The number of benzene rings is 1. The van der Waals surface area contributed by atoms with Gasteiger partial charge in [-0.05, 0) is 30.9 Å². The molecule has 1 aromatic heterocycles. The Balaban J connectivity index is 1.47. The first kappa shape index (κ1) is 20.1. The Hall–Kier alpha value is -3.23. The predicted molar refractivity (Wildman–Crippen MR) is 109 cm³/mol. The van der Waals surface area contributed by atoms with Crippen molar-refractivity contribution in [1.29, 1.82) is 0 Å². The average molecular weight is 411 g/mol. The van der Waals surface area contributed by atoms with E-state index >= 15 is 0 Å². The number of nitrogens with one attached hydrogen (secondary N) is 2. The molecular formula is C21H25N5O4. The molecule has 30 heavy (non-hydrogen) atoms. The molecule has 1 aliphatic heterocycles.